The smallest absolute Gasteiger partial charge is 0.411 e. The Bertz CT molecular complexity index is 1100. The molecular formula is C28H38N2O6Si. The lowest BCUT2D eigenvalue weighted by Gasteiger charge is -2.37. The number of carboxylic acids is 1. The Morgan fingerprint density at radius 3 is 2.30 bits per heavy atom. The fourth-order valence-corrected chi connectivity index (χ4v) is 4.99. The van der Waals surface area contributed by atoms with Crippen LogP contribution in [0.5, 0.6) is 0 Å². The van der Waals surface area contributed by atoms with E-state index in [9.17, 15) is 19.5 Å². The molecule has 1 aliphatic rings. The fraction of sp³-hybridized carbons (Fsp3) is 0.464. The monoisotopic (exact) mass is 526 g/mol. The van der Waals surface area contributed by atoms with E-state index in [4.69, 9.17) is 9.16 Å². The third-order valence-electron chi connectivity index (χ3n) is 7.28. The van der Waals surface area contributed by atoms with Gasteiger partial charge in [-0.1, -0.05) is 75.4 Å². The molecule has 1 aliphatic heterocycles. The van der Waals surface area contributed by atoms with Crippen LogP contribution in [0.2, 0.25) is 18.1 Å². The third-order valence-corrected chi connectivity index (χ3v) is 11.8. The maximum atomic E-state index is 13.4. The van der Waals surface area contributed by atoms with Gasteiger partial charge in [0.25, 0.3) is 0 Å². The van der Waals surface area contributed by atoms with Crippen LogP contribution in [-0.2, 0) is 38.3 Å². The van der Waals surface area contributed by atoms with Crippen molar-refractivity contribution in [2.75, 3.05) is 6.61 Å². The first-order valence-electron chi connectivity index (χ1n) is 12.6. The van der Waals surface area contributed by atoms with Crippen molar-refractivity contribution in [2.45, 2.75) is 77.0 Å². The highest BCUT2D eigenvalue weighted by molar-refractivity contribution is 6.74. The zero-order valence-corrected chi connectivity index (χ0v) is 23.3. The fourth-order valence-electron chi connectivity index (χ4n) is 3.93. The number of hydrogen-bond donors (Lipinski definition) is 2. The zero-order chi connectivity index (χ0) is 27.2. The number of hydrogen-bond acceptors (Lipinski definition) is 5. The van der Waals surface area contributed by atoms with Gasteiger partial charge in [-0.25, -0.2) is 9.59 Å². The van der Waals surface area contributed by atoms with Crippen LogP contribution in [0.15, 0.2) is 54.6 Å². The van der Waals surface area contributed by atoms with Crippen molar-refractivity contribution in [2.24, 2.45) is 0 Å². The quantitative estimate of drug-likeness (QED) is 0.458. The van der Waals surface area contributed by atoms with Crippen LogP contribution in [0.1, 0.15) is 43.9 Å². The van der Waals surface area contributed by atoms with Crippen molar-refractivity contribution < 1.29 is 28.7 Å². The average molecular weight is 527 g/mol. The highest BCUT2D eigenvalue weighted by atomic mass is 28.4. The summed E-state index contributed by atoms with van der Waals surface area (Å²) in [4.78, 5) is 39.8. The lowest BCUT2D eigenvalue weighted by Crippen LogP contribution is -2.55. The second-order valence-corrected chi connectivity index (χ2v) is 15.8. The van der Waals surface area contributed by atoms with Crippen molar-refractivity contribution in [1.29, 1.82) is 0 Å². The first kappa shape index (κ1) is 28.4. The molecule has 0 unspecified atom stereocenters. The van der Waals surface area contributed by atoms with Crippen molar-refractivity contribution in [3.05, 3.63) is 71.3 Å². The molecule has 37 heavy (non-hydrogen) atoms. The van der Waals surface area contributed by atoms with E-state index < -0.39 is 38.4 Å². The summed E-state index contributed by atoms with van der Waals surface area (Å²) in [5.41, 5.74) is 2.71. The molecule has 0 aliphatic carbocycles. The van der Waals surface area contributed by atoms with Gasteiger partial charge in [0.15, 0.2) is 8.32 Å². The van der Waals surface area contributed by atoms with Crippen molar-refractivity contribution in [3.63, 3.8) is 0 Å². The van der Waals surface area contributed by atoms with E-state index in [2.05, 4.69) is 39.2 Å². The second kappa shape index (κ2) is 11.9. The van der Waals surface area contributed by atoms with E-state index in [-0.39, 0.29) is 37.6 Å². The minimum Gasteiger partial charge on any atom is -0.480 e. The van der Waals surface area contributed by atoms with Gasteiger partial charge in [-0.2, -0.15) is 0 Å². The Kier molecular flexibility index (Phi) is 9.15. The summed E-state index contributed by atoms with van der Waals surface area (Å²) in [6.45, 7) is 11.0. The first-order valence-corrected chi connectivity index (χ1v) is 15.5. The number of rotatable bonds is 9. The minimum atomic E-state index is -2.06. The molecule has 2 aromatic carbocycles. The highest BCUT2D eigenvalue weighted by Crippen LogP contribution is 2.36. The lowest BCUT2D eigenvalue weighted by atomic mass is 9.93. The Hall–Kier alpha value is -3.17. The molecule has 0 spiro atoms. The van der Waals surface area contributed by atoms with Crippen LogP contribution in [-0.4, -0.2) is 55.0 Å². The van der Waals surface area contributed by atoms with Gasteiger partial charge in [0, 0.05) is 19.4 Å². The predicted octanol–water partition coefficient (Wildman–Crippen LogP) is 4.73. The maximum absolute atomic E-state index is 13.4. The van der Waals surface area contributed by atoms with Crippen LogP contribution < -0.4 is 5.32 Å². The van der Waals surface area contributed by atoms with E-state index in [0.717, 1.165) is 16.7 Å². The normalized spacial score (nSPS) is 16.5. The Morgan fingerprint density at radius 1 is 1.05 bits per heavy atom. The summed E-state index contributed by atoms with van der Waals surface area (Å²) < 4.78 is 11.6. The summed E-state index contributed by atoms with van der Waals surface area (Å²) in [6.07, 6.45) is -0.212. The number of fused-ring (bicyclic) bond motifs is 1. The molecule has 3 rings (SSSR count). The Morgan fingerprint density at radius 2 is 1.68 bits per heavy atom. The number of aliphatic carboxylic acids is 1. The molecule has 1 heterocycles. The van der Waals surface area contributed by atoms with E-state index in [1.807, 2.05) is 54.6 Å². The molecule has 0 fully saturated rings. The van der Waals surface area contributed by atoms with Gasteiger partial charge in [0.1, 0.15) is 18.7 Å². The number of ether oxygens (including phenoxy) is 1. The number of amides is 2. The van der Waals surface area contributed by atoms with E-state index in [0.29, 0.717) is 0 Å². The summed E-state index contributed by atoms with van der Waals surface area (Å²) in [5.74, 6) is -1.66. The topological polar surface area (TPSA) is 105 Å². The highest BCUT2D eigenvalue weighted by Gasteiger charge is 2.39. The van der Waals surface area contributed by atoms with E-state index >= 15 is 0 Å². The average Bonchev–Trinajstić information content (AvgIpc) is 2.85. The number of carbonyl (C=O) groups is 3. The van der Waals surface area contributed by atoms with E-state index in [1.165, 1.54) is 4.90 Å². The third kappa shape index (κ3) is 7.42. The first-order chi connectivity index (χ1) is 17.4. The van der Waals surface area contributed by atoms with Gasteiger partial charge >= 0.3 is 12.1 Å². The summed E-state index contributed by atoms with van der Waals surface area (Å²) in [7, 11) is -2.06. The molecule has 0 aromatic heterocycles. The van der Waals surface area contributed by atoms with Gasteiger partial charge in [-0.05, 0) is 34.8 Å². The second-order valence-electron chi connectivity index (χ2n) is 11.0. The largest absolute Gasteiger partial charge is 0.480 e. The van der Waals surface area contributed by atoms with Gasteiger partial charge in [0.05, 0.1) is 6.54 Å². The van der Waals surface area contributed by atoms with Crippen LogP contribution in [0.3, 0.4) is 0 Å². The van der Waals surface area contributed by atoms with Crippen molar-refractivity contribution in [1.82, 2.24) is 10.2 Å². The van der Waals surface area contributed by atoms with Crippen LogP contribution >= 0.6 is 0 Å². The molecule has 8 nitrogen and oxygen atoms in total. The molecule has 0 saturated carbocycles. The molecule has 2 atom stereocenters. The maximum Gasteiger partial charge on any atom is 0.411 e. The molecule has 2 N–H and O–H groups in total. The van der Waals surface area contributed by atoms with Gasteiger partial charge in [-0.3, -0.25) is 9.69 Å². The van der Waals surface area contributed by atoms with Gasteiger partial charge in [-0.15, -0.1) is 0 Å². The Labute approximate surface area is 220 Å². The van der Waals surface area contributed by atoms with E-state index in [1.54, 1.807) is 0 Å². The Balaban J connectivity index is 1.71. The molecule has 0 bridgehead atoms. The van der Waals surface area contributed by atoms with Crippen LogP contribution in [0.4, 0.5) is 4.79 Å². The SMILES string of the molecule is CC(C)(C)[Si](C)(C)OCC[C@H](NC(=O)[C@@H]1Cc2ccccc2CN1C(=O)OCc1ccccc1)C(=O)O. The number of nitrogens with zero attached hydrogens (tertiary/aromatic N) is 1. The number of nitrogens with one attached hydrogen (secondary N) is 1. The van der Waals surface area contributed by atoms with Gasteiger partial charge < -0.3 is 19.6 Å². The number of carboxylic acid groups (broad SMARTS) is 1. The van der Waals surface area contributed by atoms with Gasteiger partial charge in [0.2, 0.25) is 5.91 Å². The number of carbonyl (C=O) groups excluding carboxylic acids is 2. The molecular weight excluding hydrogens is 488 g/mol. The summed E-state index contributed by atoms with van der Waals surface area (Å²) >= 11 is 0. The molecule has 0 saturated heterocycles. The zero-order valence-electron chi connectivity index (χ0n) is 22.3. The standard InChI is InChI=1S/C28H38N2O6Si/c1-28(2,3)37(4,5)36-16-15-23(26(32)33)29-25(31)24-17-21-13-9-10-14-22(21)18-30(24)27(34)35-19-20-11-7-6-8-12-20/h6-14,23-24H,15-19H2,1-5H3,(H,29,31)(H,32,33)/t23-,24-/m0/s1. The molecule has 0 radical (unpaired) electrons. The molecule has 2 aromatic rings. The molecule has 2 amide bonds. The van der Waals surface area contributed by atoms with Crippen molar-refractivity contribution in [3.8, 4) is 0 Å². The molecule has 9 heteroatoms. The van der Waals surface area contributed by atoms with Crippen LogP contribution in [0, 0.1) is 0 Å². The predicted molar refractivity (Wildman–Crippen MR) is 143 cm³/mol. The minimum absolute atomic E-state index is 0.00886. The summed E-state index contributed by atoms with van der Waals surface area (Å²) in [5, 5.41) is 12.4. The summed E-state index contributed by atoms with van der Waals surface area (Å²) in [6, 6.07) is 14.9. The number of benzene rings is 2. The van der Waals surface area contributed by atoms with Crippen molar-refractivity contribution >= 4 is 26.3 Å². The molecule has 200 valence electrons. The lowest BCUT2D eigenvalue weighted by molar-refractivity contribution is -0.143. The van der Waals surface area contributed by atoms with Crippen LogP contribution in [0.25, 0.3) is 0 Å².